The standard InChI is InChI=1S/C32H45N5O7S/c1-21-18-22(2)27(23(3)19-21)45(41,42)37(28(38)25-15-11-17-36(25)31(40)44-32(4,5)6)26(14-10-16-35-30(33)34)29(39)43-20-24-12-8-7-9-13-24/h7-9,12-13,18-19,25-26H,10-11,14-17,20H2,1-6H3,(H4,33,34,35)/t25-,26-/m0/s1. The molecular weight excluding hydrogens is 598 g/mol. The third kappa shape index (κ3) is 9.19. The van der Waals surface area contributed by atoms with Gasteiger partial charge in [-0.05, 0) is 83.9 Å². The Bertz CT molecular complexity index is 1490. The van der Waals surface area contributed by atoms with Crippen LogP contribution < -0.4 is 11.5 Å². The summed E-state index contributed by atoms with van der Waals surface area (Å²) in [7, 11) is -4.66. The van der Waals surface area contributed by atoms with Crippen LogP contribution in [-0.2, 0) is 35.7 Å². The molecule has 1 aliphatic rings. The molecule has 0 saturated carbocycles. The van der Waals surface area contributed by atoms with Crippen LogP contribution in [0.3, 0.4) is 0 Å². The first kappa shape index (κ1) is 35.4. The van der Waals surface area contributed by atoms with Crippen LogP contribution in [-0.4, -0.2) is 72.3 Å². The molecule has 1 fully saturated rings. The average Bonchev–Trinajstić information content (AvgIpc) is 3.42. The van der Waals surface area contributed by atoms with E-state index in [1.165, 1.54) is 4.90 Å². The van der Waals surface area contributed by atoms with Gasteiger partial charge in [-0.25, -0.2) is 22.3 Å². The fourth-order valence-electron chi connectivity index (χ4n) is 5.47. The molecule has 1 saturated heterocycles. The van der Waals surface area contributed by atoms with Crippen molar-refractivity contribution in [1.29, 1.82) is 0 Å². The zero-order valence-corrected chi connectivity index (χ0v) is 27.7. The molecule has 2 amide bonds. The Balaban J connectivity index is 2.14. The van der Waals surface area contributed by atoms with Gasteiger partial charge in [-0.15, -0.1) is 0 Å². The van der Waals surface area contributed by atoms with E-state index in [1.807, 2.05) is 13.0 Å². The zero-order chi connectivity index (χ0) is 33.5. The number of nitrogens with zero attached hydrogens (tertiary/aromatic N) is 3. The number of likely N-dealkylation sites (tertiary alicyclic amines) is 1. The highest BCUT2D eigenvalue weighted by Crippen LogP contribution is 2.32. The van der Waals surface area contributed by atoms with Crippen LogP contribution >= 0.6 is 0 Å². The molecule has 0 unspecified atom stereocenters. The van der Waals surface area contributed by atoms with Gasteiger partial charge in [-0.1, -0.05) is 48.0 Å². The van der Waals surface area contributed by atoms with Crippen LogP contribution in [0.4, 0.5) is 4.79 Å². The van der Waals surface area contributed by atoms with E-state index < -0.39 is 45.7 Å². The lowest BCUT2D eigenvalue weighted by Crippen LogP contribution is -2.56. The number of aryl methyl sites for hydroxylation is 3. The SMILES string of the molecule is Cc1cc(C)c(S(=O)(=O)N(C(=O)[C@@H]2CCCN2C(=O)OC(C)(C)C)[C@@H](CCCN=C(N)N)C(=O)OCc2ccccc2)c(C)c1. The first-order valence-electron chi connectivity index (χ1n) is 14.9. The maximum absolute atomic E-state index is 14.6. The van der Waals surface area contributed by atoms with Gasteiger partial charge in [-0.2, -0.15) is 0 Å². The smallest absolute Gasteiger partial charge is 0.410 e. The van der Waals surface area contributed by atoms with Crippen molar-refractivity contribution in [3.05, 3.63) is 64.7 Å². The van der Waals surface area contributed by atoms with Crippen molar-refractivity contribution in [3.63, 3.8) is 0 Å². The van der Waals surface area contributed by atoms with Gasteiger partial charge in [-0.3, -0.25) is 14.7 Å². The number of carbonyl (C=O) groups is 3. The van der Waals surface area contributed by atoms with Gasteiger partial charge in [0.25, 0.3) is 15.9 Å². The number of benzene rings is 2. The Morgan fingerprint density at radius 1 is 1.07 bits per heavy atom. The molecule has 1 aliphatic heterocycles. The summed E-state index contributed by atoms with van der Waals surface area (Å²) >= 11 is 0. The lowest BCUT2D eigenvalue weighted by atomic mass is 10.1. The summed E-state index contributed by atoms with van der Waals surface area (Å²) in [5.41, 5.74) is 12.5. The molecule has 12 nitrogen and oxygen atoms in total. The summed E-state index contributed by atoms with van der Waals surface area (Å²) in [5.74, 6) is -1.99. The molecule has 4 N–H and O–H groups in total. The minimum atomic E-state index is -4.66. The molecule has 1 heterocycles. The topological polar surface area (TPSA) is 175 Å². The summed E-state index contributed by atoms with van der Waals surface area (Å²) in [5, 5.41) is 0. The van der Waals surface area contributed by atoms with Crippen LogP contribution in [0.15, 0.2) is 52.4 Å². The highest BCUT2D eigenvalue weighted by molar-refractivity contribution is 7.89. The van der Waals surface area contributed by atoms with Crippen molar-refractivity contribution in [2.75, 3.05) is 13.1 Å². The lowest BCUT2D eigenvalue weighted by molar-refractivity contribution is -0.154. The Morgan fingerprint density at radius 2 is 1.69 bits per heavy atom. The van der Waals surface area contributed by atoms with Gasteiger partial charge in [0.2, 0.25) is 0 Å². The molecular formula is C32H45N5O7S. The van der Waals surface area contributed by atoms with Crippen LogP contribution in [0.2, 0.25) is 0 Å². The molecule has 2 aromatic rings. The zero-order valence-electron chi connectivity index (χ0n) is 26.9. The number of hydrogen-bond donors (Lipinski definition) is 2. The second-order valence-corrected chi connectivity index (χ2v) is 14.0. The number of rotatable bonds is 11. The summed E-state index contributed by atoms with van der Waals surface area (Å²) in [6.45, 7) is 10.4. The van der Waals surface area contributed by atoms with Crippen LogP contribution in [0.25, 0.3) is 0 Å². The Kier molecular flexibility index (Phi) is 11.6. The minimum Gasteiger partial charge on any atom is -0.459 e. The molecule has 2 aromatic carbocycles. The maximum atomic E-state index is 14.6. The normalized spacial score (nSPS) is 15.7. The van der Waals surface area contributed by atoms with Crippen molar-refractivity contribution in [2.45, 2.75) is 96.4 Å². The number of guanidine groups is 1. The van der Waals surface area contributed by atoms with Crippen LogP contribution in [0.1, 0.15) is 68.7 Å². The molecule has 2 atom stereocenters. The van der Waals surface area contributed by atoms with Crippen molar-refractivity contribution in [3.8, 4) is 0 Å². The first-order chi connectivity index (χ1) is 21.0. The van der Waals surface area contributed by atoms with Gasteiger partial charge in [0, 0.05) is 13.1 Å². The maximum Gasteiger partial charge on any atom is 0.410 e. The second-order valence-electron chi connectivity index (χ2n) is 12.3. The molecule has 0 radical (unpaired) electrons. The van der Waals surface area contributed by atoms with E-state index in [2.05, 4.69) is 4.99 Å². The molecule has 246 valence electrons. The summed E-state index contributed by atoms with van der Waals surface area (Å²) in [6, 6.07) is 9.56. The van der Waals surface area contributed by atoms with Gasteiger partial charge >= 0.3 is 12.1 Å². The predicted molar refractivity (Wildman–Crippen MR) is 171 cm³/mol. The molecule has 0 aromatic heterocycles. The van der Waals surface area contributed by atoms with Crippen LogP contribution in [0, 0.1) is 20.8 Å². The van der Waals surface area contributed by atoms with E-state index in [4.69, 9.17) is 20.9 Å². The van der Waals surface area contributed by atoms with Crippen molar-refractivity contribution >= 4 is 34.0 Å². The summed E-state index contributed by atoms with van der Waals surface area (Å²) < 4.78 is 41.1. The number of esters is 1. The van der Waals surface area contributed by atoms with Gasteiger partial charge in [0.15, 0.2) is 5.96 Å². The fraction of sp³-hybridized carbons (Fsp3) is 0.500. The van der Waals surface area contributed by atoms with Crippen molar-refractivity contribution in [1.82, 2.24) is 9.21 Å². The van der Waals surface area contributed by atoms with Gasteiger partial charge < -0.3 is 20.9 Å². The number of sulfonamides is 1. The summed E-state index contributed by atoms with van der Waals surface area (Å²) in [4.78, 5) is 46.6. The highest BCUT2D eigenvalue weighted by Gasteiger charge is 2.47. The largest absolute Gasteiger partial charge is 0.459 e. The number of nitrogens with two attached hydrogens (primary N) is 2. The number of ether oxygens (including phenoxy) is 2. The quantitative estimate of drug-likeness (QED) is 0.160. The van der Waals surface area contributed by atoms with Gasteiger partial charge in [0.05, 0.1) is 4.90 Å². The van der Waals surface area contributed by atoms with Crippen molar-refractivity contribution in [2.24, 2.45) is 16.5 Å². The van der Waals surface area contributed by atoms with E-state index in [1.54, 1.807) is 71.0 Å². The Labute approximate surface area is 265 Å². The Hall–Kier alpha value is -4.13. The van der Waals surface area contributed by atoms with E-state index in [-0.39, 0.29) is 49.8 Å². The molecule has 13 heteroatoms. The van der Waals surface area contributed by atoms with Crippen molar-refractivity contribution < 1.29 is 32.3 Å². The Morgan fingerprint density at radius 3 is 2.27 bits per heavy atom. The monoisotopic (exact) mass is 643 g/mol. The van der Waals surface area contributed by atoms with Gasteiger partial charge in [0.1, 0.15) is 24.3 Å². The molecule has 3 rings (SSSR count). The van der Waals surface area contributed by atoms with E-state index in [0.717, 1.165) is 5.56 Å². The molecule has 45 heavy (non-hydrogen) atoms. The predicted octanol–water partition coefficient (Wildman–Crippen LogP) is 3.69. The fourth-order valence-corrected chi connectivity index (χ4v) is 7.48. The third-order valence-corrected chi connectivity index (χ3v) is 9.33. The average molecular weight is 644 g/mol. The first-order valence-corrected chi connectivity index (χ1v) is 16.4. The highest BCUT2D eigenvalue weighted by atomic mass is 32.2. The molecule has 0 bridgehead atoms. The van der Waals surface area contributed by atoms with E-state index >= 15 is 0 Å². The minimum absolute atomic E-state index is 0.0862. The number of aliphatic imine (C=N–C) groups is 1. The number of carbonyl (C=O) groups excluding carboxylic acids is 3. The lowest BCUT2D eigenvalue weighted by Gasteiger charge is -2.35. The third-order valence-electron chi connectivity index (χ3n) is 7.21. The van der Waals surface area contributed by atoms with E-state index in [0.29, 0.717) is 27.4 Å². The molecule has 0 spiro atoms. The van der Waals surface area contributed by atoms with E-state index in [9.17, 15) is 22.8 Å². The van der Waals surface area contributed by atoms with Crippen LogP contribution in [0.5, 0.6) is 0 Å². The number of amides is 2. The second kappa shape index (κ2) is 14.8. The molecule has 0 aliphatic carbocycles. The number of hydrogen-bond acceptors (Lipinski definition) is 8. The summed E-state index contributed by atoms with van der Waals surface area (Å²) in [6.07, 6.45) is -0.0721.